The van der Waals surface area contributed by atoms with Crippen molar-refractivity contribution in [3.8, 4) is 11.5 Å². The van der Waals surface area contributed by atoms with Gasteiger partial charge in [0.25, 0.3) is 0 Å². The third-order valence-corrected chi connectivity index (χ3v) is 4.62. The normalized spacial score (nSPS) is 16.9. The fraction of sp³-hybridized carbons (Fsp3) is 0.333. The first kappa shape index (κ1) is 19.0. The van der Waals surface area contributed by atoms with Crippen molar-refractivity contribution in [3.05, 3.63) is 54.1 Å². The molecule has 1 aromatic carbocycles. The minimum absolute atomic E-state index is 0.113. The molecule has 0 spiro atoms. The molecule has 29 heavy (non-hydrogen) atoms. The predicted octanol–water partition coefficient (Wildman–Crippen LogP) is 3.78. The highest BCUT2D eigenvalue weighted by molar-refractivity contribution is 5.73. The number of anilines is 1. The Morgan fingerprint density at radius 1 is 1.38 bits per heavy atom. The standard InChI is InChI=1S/C21H24FN5O2/c1-12(2)29-18-10-15(22)9-16-14(4)25-19-5-7-27-21(26-19)17(11-24-27)13(3)23-6-8-28-20(16)18/h5,7,9-12,14,23H,3,6,8H2,1-2,4H3,(H,25,26)/t14-/m1/s1. The van der Waals surface area contributed by atoms with Crippen molar-refractivity contribution in [1.82, 2.24) is 19.9 Å². The van der Waals surface area contributed by atoms with Crippen molar-refractivity contribution in [2.75, 3.05) is 18.5 Å². The van der Waals surface area contributed by atoms with Gasteiger partial charge in [0, 0.05) is 30.1 Å². The van der Waals surface area contributed by atoms with E-state index < -0.39 is 0 Å². The second-order valence-corrected chi connectivity index (χ2v) is 7.25. The summed E-state index contributed by atoms with van der Waals surface area (Å²) >= 11 is 0. The van der Waals surface area contributed by atoms with Crippen molar-refractivity contribution < 1.29 is 13.9 Å². The minimum Gasteiger partial charge on any atom is -0.487 e. The molecule has 4 rings (SSSR count). The van der Waals surface area contributed by atoms with Gasteiger partial charge in [-0.15, -0.1) is 0 Å². The largest absolute Gasteiger partial charge is 0.487 e. The predicted molar refractivity (Wildman–Crippen MR) is 110 cm³/mol. The van der Waals surface area contributed by atoms with Gasteiger partial charge in [-0.2, -0.15) is 5.10 Å². The summed E-state index contributed by atoms with van der Waals surface area (Å²) in [6.07, 6.45) is 3.44. The molecule has 2 N–H and O–H groups in total. The number of ether oxygens (including phenoxy) is 2. The summed E-state index contributed by atoms with van der Waals surface area (Å²) in [5.74, 6) is 1.17. The molecule has 3 aromatic rings. The Kier molecular flexibility index (Phi) is 5.00. The lowest BCUT2D eigenvalue weighted by molar-refractivity contribution is 0.219. The molecule has 0 saturated carbocycles. The van der Waals surface area contributed by atoms with Gasteiger partial charge in [0.2, 0.25) is 0 Å². The van der Waals surface area contributed by atoms with Gasteiger partial charge < -0.3 is 20.1 Å². The lowest BCUT2D eigenvalue weighted by atomic mass is 10.1. The third-order valence-electron chi connectivity index (χ3n) is 4.62. The Bertz CT molecular complexity index is 1060. The van der Waals surface area contributed by atoms with Crippen molar-refractivity contribution in [2.24, 2.45) is 0 Å². The molecule has 152 valence electrons. The monoisotopic (exact) mass is 397 g/mol. The van der Waals surface area contributed by atoms with Crippen LogP contribution >= 0.6 is 0 Å². The van der Waals surface area contributed by atoms with Gasteiger partial charge in [-0.05, 0) is 32.9 Å². The number of benzene rings is 1. The van der Waals surface area contributed by atoms with Crippen LogP contribution in [-0.4, -0.2) is 33.9 Å². The van der Waals surface area contributed by atoms with E-state index in [2.05, 4.69) is 27.3 Å². The summed E-state index contributed by atoms with van der Waals surface area (Å²) in [7, 11) is 0. The number of halogens is 1. The zero-order valence-electron chi connectivity index (χ0n) is 16.7. The van der Waals surface area contributed by atoms with E-state index >= 15 is 0 Å². The van der Waals surface area contributed by atoms with Crippen LogP contribution in [0, 0.1) is 5.82 Å². The Labute approximate surface area is 168 Å². The van der Waals surface area contributed by atoms with Crippen LogP contribution in [0.1, 0.15) is 37.9 Å². The van der Waals surface area contributed by atoms with Crippen LogP contribution in [-0.2, 0) is 0 Å². The second kappa shape index (κ2) is 7.62. The molecule has 0 aliphatic carbocycles. The van der Waals surface area contributed by atoms with E-state index in [0.29, 0.717) is 47.4 Å². The van der Waals surface area contributed by atoms with Gasteiger partial charge in [-0.1, -0.05) is 6.58 Å². The van der Waals surface area contributed by atoms with E-state index in [4.69, 9.17) is 9.47 Å². The molecule has 1 aliphatic rings. The van der Waals surface area contributed by atoms with Crippen LogP contribution in [0.15, 0.2) is 37.2 Å². The van der Waals surface area contributed by atoms with Gasteiger partial charge in [0.1, 0.15) is 18.2 Å². The number of aromatic nitrogens is 3. The molecule has 1 atom stereocenters. The van der Waals surface area contributed by atoms with Crippen molar-refractivity contribution in [3.63, 3.8) is 0 Å². The Morgan fingerprint density at radius 3 is 3.00 bits per heavy atom. The van der Waals surface area contributed by atoms with Gasteiger partial charge in [0.15, 0.2) is 17.1 Å². The molecule has 2 aromatic heterocycles. The van der Waals surface area contributed by atoms with Crippen LogP contribution in [0.4, 0.5) is 10.2 Å². The molecule has 3 heterocycles. The number of fused-ring (bicyclic) bond motifs is 2. The van der Waals surface area contributed by atoms with Gasteiger partial charge in [-0.3, -0.25) is 0 Å². The third kappa shape index (κ3) is 3.83. The zero-order chi connectivity index (χ0) is 20.5. The van der Waals surface area contributed by atoms with Crippen LogP contribution in [0.25, 0.3) is 11.3 Å². The lowest BCUT2D eigenvalue weighted by Crippen LogP contribution is -2.20. The van der Waals surface area contributed by atoms with E-state index in [9.17, 15) is 4.39 Å². The maximum atomic E-state index is 14.4. The zero-order valence-corrected chi connectivity index (χ0v) is 16.7. The maximum Gasteiger partial charge on any atom is 0.166 e. The molecule has 8 heteroatoms. The topological polar surface area (TPSA) is 72.7 Å². The fourth-order valence-corrected chi connectivity index (χ4v) is 3.32. The smallest absolute Gasteiger partial charge is 0.166 e. The van der Waals surface area contributed by atoms with Crippen LogP contribution in [0.2, 0.25) is 0 Å². The van der Waals surface area contributed by atoms with E-state index in [1.807, 2.05) is 33.0 Å². The Hall–Kier alpha value is -3.29. The number of hydrogen-bond acceptors (Lipinski definition) is 6. The molecule has 1 aliphatic heterocycles. The SMILES string of the molecule is C=C1NCCOc2c(OC(C)C)cc(F)cc2[C@@H](C)Nc2ccn3ncc1c3n2. The van der Waals surface area contributed by atoms with E-state index in [1.165, 1.54) is 12.1 Å². The molecule has 2 bridgehead atoms. The van der Waals surface area contributed by atoms with Gasteiger partial charge >= 0.3 is 0 Å². The first-order chi connectivity index (χ1) is 13.9. The lowest BCUT2D eigenvalue weighted by Gasteiger charge is -2.22. The molecule has 7 nitrogen and oxygen atoms in total. The summed E-state index contributed by atoms with van der Waals surface area (Å²) in [6.45, 7) is 10.7. The molecule has 0 radical (unpaired) electrons. The Balaban J connectivity index is 1.80. The van der Waals surface area contributed by atoms with Crippen molar-refractivity contribution >= 4 is 17.2 Å². The first-order valence-electron chi connectivity index (χ1n) is 9.59. The van der Waals surface area contributed by atoms with Crippen molar-refractivity contribution in [2.45, 2.75) is 32.9 Å². The molecular formula is C21H24FN5O2. The maximum absolute atomic E-state index is 14.4. The summed E-state index contributed by atoms with van der Waals surface area (Å²) in [5.41, 5.74) is 2.86. The van der Waals surface area contributed by atoms with Crippen molar-refractivity contribution in [1.29, 1.82) is 0 Å². The molecule has 0 saturated heterocycles. The quantitative estimate of drug-likeness (QED) is 0.686. The van der Waals surface area contributed by atoms with Gasteiger partial charge in [0.05, 0.1) is 23.9 Å². The number of rotatable bonds is 2. The highest BCUT2D eigenvalue weighted by atomic mass is 19.1. The van der Waals surface area contributed by atoms with Gasteiger partial charge in [-0.25, -0.2) is 13.9 Å². The average molecular weight is 397 g/mol. The number of nitrogens with zero attached hydrogens (tertiary/aromatic N) is 3. The van der Waals surface area contributed by atoms with E-state index in [1.54, 1.807) is 10.7 Å². The summed E-state index contributed by atoms with van der Waals surface area (Å²) in [5, 5.41) is 10.9. The second-order valence-electron chi connectivity index (χ2n) is 7.25. The molecule has 0 fully saturated rings. The fourth-order valence-electron chi connectivity index (χ4n) is 3.32. The van der Waals surface area contributed by atoms with Crippen LogP contribution in [0.3, 0.4) is 0 Å². The van der Waals surface area contributed by atoms with E-state index in [0.717, 1.165) is 5.56 Å². The minimum atomic E-state index is -0.381. The summed E-state index contributed by atoms with van der Waals surface area (Å²) in [4.78, 5) is 4.67. The highest BCUT2D eigenvalue weighted by Gasteiger charge is 2.21. The summed E-state index contributed by atoms with van der Waals surface area (Å²) in [6, 6.07) is 4.38. The number of hydrogen-bond donors (Lipinski definition) is 2. The summed E-state index contributed by atoms with van der Waals surface area (Å²) < 4.78 is 27.9. The molecule has 0 unspecified atom stereocenters. The van der Waals surface area contributed by atoms with Crippen LogP contribution in [0.5, 0.6) is 11.5 Å². The first-order valence-corrected chi connectivity index (χ1v) is 9.59. The average Bonchev–Trinajstić information content (AvgIpc) is 3.08. The molecule has 0 amide bonds. The van der Waals surface area contributed by atoms with E-state index in [-0.39, 0.29) is 18.0 Å². The Morgan fingerprint density at radius 2 is 2.21 bits per heavy atom. The number of nitrogens with one attached hydrogen (secondary N) is 2. The molecular weight excluding hydrogens is 373 g/mol. The highest BCUT2D eigenvalue weighted by Crippen LogP contribution is 2.38. The van der Waals surface area contributed by atoms with Crippen LogP contribution < -0.4 is 20.1 Å².